The van der Waals surface area contributed by atoms with E-state index in [0.717, 1.165) is 6.08 Å². The van der Waals surface area contributed by atoms with Crippen LogP contribution >= 0.6 is 0 Å². The quantitative estimate of drug-likeness (QED) is 0.355. The van der Waals surface area contributed by atoms with E-state index in [9.17, 15) is 14.5 Å². The second-order valence-corrected chi connectivity index (χ2v) is 1.67. The highest BCUT2D eigenvalue weighted by Gasteiger charge is 2.06. The normalized spacial score (nSPS) is 11.9. The fourth-order valence-electron chi connectivity index (χ4n) is 0.399. The molecule has 3 nitrogen and oxygen atoms in total. The molecule has 0 unspecified atom stereocenters. The molecule has 0 aliphatic heterocycles. The molecule has 0 N–H and O–H groups in total. The van der Waals surface area contributed by atoms with Gasteiger partial charge in [-0.3, -0.25) is 10.1 Å². The Morgan fingerprint density at radius 2 is 2.27 bits per heavy atom. The summed E-state index contributed by atoms with van der Waals surface area (Å²) < 4.78 is 11.8. The molecule has 0 aromatic rings. The zero-order chi connectivity index (χ0) is 8.69. The van der Waals surface area contributed by atoms with Crippen LogP contribution in [-0.2, 0) is 0 Å². The third-order valence-electron chi connectivity index (χ3n) is 0.907. The number of rotatable bonds is 4. The van der Waals surface area contributed by atoms with E-state index in [1.807, 2.05) is 0 Å². The van der Waals surface area contributed by atoms with Gasteiger partial charge in [-0.1, -0.05) is 24.8 Å². The van der Waals surface area contributed by atoms with Gasteiger partial charge in [0.15, 0.2) is 6.67 Å². The van der Waals surface area contributed by atoms with Crippen LogP contribution in [0.15, 0.2) is 36.6 Å². The van der Waals surface area contributed by atoms with Crippen molar-refractivity contribution in [2.45, 2.75) is 0 Å². The molecule has 0 spiro atoms. The number of nitrogens with zero attached hydrogens (tertiary/aromatic N) is 1. The third kappa shape index (κ3) is 4.02. The molecule has 0 bridgehead atoms. The van der Waals surface area contributed by atoms with Crippen LogP contribution in [0.3, 0.4) is 0 Å². The number of hydrogen-bond donors (Lipinski definition) is 0. The van der Waals surface area contributed by atoms with Gasteiger partial charge in [0, 0.05) is 6.08 Å². The van der Waals surface area contributed by atoms with Gasteiger partial charge < -0.3 is 0 Å². The molecule has 0 aliphatic carbocycles. The lowest BCUT2D eigenvalue weighted by atomic mass is 10.4. The van der Waals surface area contributed by atoms with E-state index in [4.69, 9.17) is 0 Å². The van der Waals surface area contributed by atoms with E-state index in [0.29, 0.717) is 0 Å². The molecule has 0 fully saturated rings. The maximum atomic E-state index is 11.8. The Morgan fingerprint density at radius 3 is 2.64 bits per heavy atom. The van der Waals surface area contributed by atoms with Gasteiger partial charge in [0.1, 0.15) is 0 Å². The number of halogens is 1. The predicted octanol–water partition coefficient (Wildman–Crippen LogP) is 1.86. The minimum Gasteiger partial charge on any atom is -0.259 e. The Hall–Kier alpha value is -1.45. The van der Waals surface area contributed by atoms with Crippen LogP contribution in [0.2, 0.25) is 0 Å². The smallest absolute Gasteiger partial charge is 0.259 e. The Balaban J connectivity index is 4.23. The van der Waals surface area contributed by atoms with Gasteiger partial charge in [-0.25, -0.2) is 4.39 Å². The first-order valence-electron chi connectivity index (χ1n) is 2.91. The zero-order valence-electron chi connectivity index (χ0n) is 5.87. The highest BCUT2D eigenvalue weighted by Crippen LogP contribution is 1.96. The lowest BCUT2D eigenvalue weighted by molar-refractivity contribution is -0.428. The SMILES string of the molecule is C=C/C=C\C=C(/CF)[N+](=O)[O-]. The minimum absolute atomic E-state index is 0.455. The van der Waals surface area contributed by atoms with Crippen molar-refractivity contribution in [3.05, 3.63) is 46.7 Å². The number of alkyl halides is 1. The Labute approximate surface area is 63.7 Å². The van der Waals surface area contributed by atoms with Crippen LogP contribution < -0.4 is 0 Å². The zero-order valence-corrected chi connectivity index (χ0v) is 5.87. The maximum absolute atomic E-state index is 11.8. The topological polar surface area (TPSA) is 43.1 Å². The summed E-state index contributed by atoms with van der Waals surface area (Å²) in [6.45, 7) is 2.29. The molecule has 60 valence electrons. The summed E-state index contributed by atoms with van der Waals surface area (Å²) in [5.74, 6) is 0. The van der Waals surface area contributed by atoms with E-state index < -0.39 is 17.3 Å². The summed E-state index contributed by atoms with van der Waals surface area (Å²) in [4.78, 5) is 9.21. The van der Waals surface area contributed by atoms with Crippen LogP contribution in [0.5, 0.6) is 0 Å². The van der Waals surface area contributed by atoms with Crippen LogP contribution in [0, 0.1) is 10.1 Å². The highest BCUT2D eigenvalue weighted by molar-refractivity contribution is 5.11. The summed E-state index contributed by atoms with van der Waals surface area (Å²) in [7, 11) is 0. The molecule has 0 aromatic heterocycles. The average Bonchev–Trinajstić information content (AvgIpc) is 1.97. The molecule has 0 atom stereocenters. The van der Waals surface area contributed by atoms with Gasteiger partial charge >= 0.3 is 0 Å². The van der Waals surface area contributed by atoms with Gasteiger partial charge in [0.2, 0.25) is 0 Å². The second-order valence-electron chi connectivity index (χ2n) is 1.67. The van der Waals surface area contributed by atoms with Crippen molar-refractivity contribution in [3.63, 3.8) is 0 Å². The average molecular weight is 157 g/mol. The van der Waals surface area contributed by atoms with E-state index in [-0.39, 0.29) is 0 Å². The first-order chi connectivity index (χ1) is 5.22. The summed E-state index contributed by atoms with van der Waals surface area (Å²) >= 11 is 0. The molecule has 0 radical (unpaired) electrons. The predicted molar refractivity (Wildman–Crippen MR) is 40.4 cm³/mol. The molecular weight excluding hydrogens is 149 g/mol. The highest BCUT2D eigenvalue weighted by atomic mass is 19.1. The van der Waals surface area contributed by atoms with Crippen molar-refractivity contribution in [1.82, 2.24) is 0 Å². The van der Waals surface area contributed by atoms with Crippen molar-refractivity contribution in [3.8, 4) is 0 Å². The summed E-state index contributed by atoms with van der Waals surface area (Å²) in [6.07, 6.45) is 5.40. The largest absolute Gasteiger partial charge is 0.277 e. The molecule has 0 saturated heterocycles. The number of nitro groups is 1. The molecular formula is C7H8FNO2. The lowest BCUT2D eigenvalue weighted by Gasteiger charge is -1.86. The second kappa shape index (κ2) is 5.34. The van der Waals surface area contributed by atoms with Crippen LogP contribution in [-0.4, -0.2) is 11.6 Å². The van der Waals surface area contributed by atoms with E-state index in [1.54, 1.807) is 0 Å². The van der Waals surface area contributed by atoms with Gasteiger partial charge in [-0.2, -0.15) is 0 Å². The molecule has 0 rings (SSSR count). The number of hydrogen-bond acceptors (Lipinski definition) is 2. The molecule has 0 saturated carbocycles. The van der Waals surface area contributed by atoms with Gasteiger partial charge in [0.25, 0.3) is 5.70 Å². The van der Waals surface area contributed by atoms with Crippen molar-refractivity contribution in [2.24, 2.45) is 0 Å². The Morgan fingerprint density at radius 1 is 1.64 bits per heavy atom. The fourth-order valence-corrected chi connectivity index (χ4v) is 0.399. The molecule has 0 aromatic carbocycles. The Kier molecular flexibility index (Phi) is 4.64. The van der Waals surface area contributed by atoms with E-state index in [1.165, 1.54) is 18.2 Å². The molecule has 4 heteroatoms. The van der Waals surface area contributed by atoms with E-state index >= 15 is 0 Å². The van der Waals surface area contributed by atoms with Gasteiger partial charge in [0.05, 0.1) is 4.92 Å². The van der Waals surface area contributed by atoms with Crippen LogP contribution in [0.1, 0.15) is 0 Å². The molecule has 11 heavy (non-hydrogen) atoms. The van der Waals surface area contributed by atoms with Crippen LogP contribution in [0.25, 0.3) is 0 Å². The minimum atomic E-state index is -1.06. The van der Waals surface area contributed by atoms with Gasteiger partial charge in [-0.15, -0.1) is 0 Å². The maximum Gasteiger partial charge on any atom is 0.277 e. The Bertz CT molecular complexity index is 208. The number of allylic oxidation sites excluding steroid dienone is 5. The van der Waals surface area contributed by atoms with Gasteiger partial charge in [-0.05, 0) is 0 Å². The third-order valence-corrected chi connectivity index (χ3v) is 0.907. The van der Waals surface area contributed by atoms with Crippen molar-refractivity contribution >= 4 is 0 Å². The van der Waals surface area contributed by atoms with Crippen LogP contribution in [0.4, 0.5) is 4.39 Å². The monoisotopic (exact) mass is 157 g/mol. The summed E-state index contributed by atoms with van der Waals surface area (Å²) in [5.41, 5.74) is -0.455. The van der Waals surface area contributed by atoms with E-state index in [2.05, 4.69) is 6.58 Å². The molecule has 0 aliphatic rings. The van der Waals surface area contributed by atoms with Crippen molar-refractivity contribution in [1.29, 1.82) is 0 Å². The molecule has 0 heterocycles. The summed E-state index contributed by atoms with van der Waals surface area (Å²) in [5, 5.41) is 9.96. The van der Waals surface area contributed by atoms with Crippen molar-refractivity contribution in [2.75, 3.05) is 6.67 Å². The lowest BCUT2D eigenvalue weighted by Crippen LogP contribution is -1.99. The first-order valence-corrected chi connectivity index (χ1v) is 2.91. The standard InChI is InChI=1S/C7H8FNO2/c1-2-3-4-5-7(6-8)9(10)11/h2-5H,1,6H2/b4-3-,7-5+. The first kappa shape index (κ1) is 9.55. The fraction of sp³-hybridized carbons (Fsp3) is 0.143. The molecule has 0 amide bonds. The summed E-state index contributed by atoms with van der Waals surface area (Å²) in [6, 6.07) is 0. The van der Waals surface area contributed by atoms with Crippen molar-refractivity contribution < 1.29 is 9.31 Å².